The molecule has 0 aliphatic carbocycles. The molecule has 0 saturated carbocycles. The molecule has 2 aromatic heterocycles. The van der Waals surface area contributed by atoms with Crippen molar-refractivity contribution in [1.82, 2.24) is 9.55 Å². The van der Waals surface area contributed by atoms with Crippen molar-refractivity contribution in [1.29, 1.82) is 0 Å². The van der Waals surface area contributed by atoms with Crippen LogP contribution in [0.2, 0.25) is 0 Å². The van der Waals surface area contributed by atoms with Crippen LogP contribution in [0.3, 0.4) is 0 Å². The molecule has 51 heavy (non-hydrogen) atoms. The van der Waals surface area contributed by atoms with Gasteiger partial charge in [0.05, 0.1) is 22.4 Å². The van der Waals surface area contributed by atoms with Crippen LogP contribution in [0.25, 0.3) is 38.8 Å². The Morgan fingerprint density at radius 1 is 0.529 bits per heavy atom. The number of hydrogen-bond acceptors (Lipinski definition) is 3. The van der Waals surface area contributed by atoms with Gasteiger partial charge in [0.2, 0.25) is 0 Å². The molecule has 0 amide bonds. The molecule has 9 rings (SSSR count). The maximum Gasteiger partial charge on any atom is 0.138 e. The molecule has 6 aromatic carbocycles. The number of hydrogen-bond donors (Lipinski definition) is 0. The summed E-state index contributed by atoms with van der Waals surface area (Å²) in [6.07, 6.45) is 1.95. The summed E-state index contributed by atoms with van der Waals surface area (Å²) >= 11 is 0. The third-order valence-corrected chi connectivity index (χ3v) is 10.8. The average molecular weight is 661 g/mol. The summed E-state index contributed by atoms with van der Waals surface area (Å²) in [4.78, 5) is 9.79. The fraction of sp³-hybridized carbons (Fsp3) is 0.128. The van der Waals surface area contributed by atoms with Gasteiger partial charge in [-0.05, 0) is 108 Å². The van der Waals surface area contributed by atoms with Crippen LogP contribution in [0.15, 0.2) is 158 Å². The van der Waals surface area contributed by atoms with E-state index in [9.17, 15) is 0 Å². The normalized spacial score (nSPS) is 12.9. The quantitative estimate of drug-likeness (QED) is 0.177. The maximum atomic E-state index is 4.97. The summed E-state index contributed by atoms with van der Waals surface area (Å²) in [6.45, 7) is 9.82. The molecule has 1 aliphatic heterocycles. The van der Waals surface area contributed by atoms with Gasteiger partial charge in [0.1, 0.15) is 12.5 Å². The Labute approximate surface area is 299 Å². The number of nitrogens with zero attached hydrogens (tertiary/aromatic N) is 4. The van der Waals surface area contributed by atoms with E-state index in [1.165, 1.54) is 66.9 Å². The fourth-order valence-electron chi connectivity index (χ4n) is 8.07. The SMILES string of the molecule is Cc1cccc(C)c1-c1ccnc(-n2c3ccccc3c3ccc(C(C)(C)c4cccc(N5CN(c6ccccc6)c6ccccc65)c4)cc32)c1. The van der Waals surface area contributed by atoms with Crippen molar-refractivity contribution in [3.63, 3.8) is 0 Å². The fourth-order valence-corrected chi connectivity index (χ4v) is 8.07. The number of aromatic nitrogens is 2. The Bertz CT molecular complexity index is 2560. The molecule has 0 N–H and O–H groups in total. The van der Waals surface area contributed by atoms with Gasteiger partial charge in [-0.15, -0.1) is 0 Å². The highest BCUT2D eigenvalue weighted by molar-refractivity contribution is 6.09. The molecule has 0 spiro atoms. The highest BCUT2D eigenvalue weighted by Gasteiger charge is 2.30. The van der Waals surface area contributed by atoms with E-state index in [0.717, 1.165) is 23.5 Å². The van der Waals surface area contributed by atoms with Crippen molar-refractivity contribution in [2.24, 2.45) is 0 Å². The monoisotopic (exact) mass is 660 g/mol. The number of para-hydroxylation sites is 4. The predicted molar refractivity (Wildman–Crippen MR) is 214 cm³/mol. The molecule has 8 aromatic rings. The molecule has 4 heteroatoms. The second-order valence-electron chi connectivity index (χ2n) is 14.3. The number of rotatable bonds is 6. The van der Waals surface area contributed by atoms with E-state index in [2.05, 4.69) is 194 Å². The second kappa shape index (κ2) is 12.0. The van der Waals surface area contributed by atoms with E-state index in [1.54, 1.807) is 0 Å². The molecule has 1 aliphatic rings. The van der Waals surface area contributed by atoms with E-state index in [4.69, 9.17) is 4.98 Å². The summed E-state index contributed by atoms with van der Waals surface area (Å²) < 4.78 is 2.34. The van der Waals surface area contributed by atoms with Gasteiger partial charge >= 0.3 is 0 Å². The highest BCUT2D eigenvalue weighted by atomic mass is 15.4. The van der Waals surface area contributed by atoms with E-state index in [-0.39, 0.29) is 5.41 Å². The van der Waals surface area contributed by atoms with Crippen LogP contribution >= 0.6 is 0 Å². The Morgan fingerprint density at radius 3 is 1.94 bits per heavy atom. The van der Waals surface area contributed by atoms with Gasteiger partial charge in [-0.2, -0.15) is 0 Å². The first-order valence-corrected chi connectivity index (χ1v) is 17.7. The topological polar surface area (TPSA) is 24.3 Å². The minimum atomic E-state index is -0.266. The van der Waals surface area contributed by atoms with Crippen molar-refractivity contribution < 1.29 is 0 Å². The summed E-state index contributed by atoms with van der Waals surface area (Å²) in [5.74, 6) is 0.925. The number of fused-ring (bicyclic) bond motifs is 4. The van der Waals surface area contributed by atoms with Crippen LogP contribution in [0, 0.1) is 13.8 Å². The Kier molecular flexibility index (Phi) is 7.29. The largest absolute Gasteiger partial charge is 0.321 e. The van der Waals surface area contributed by atoms with Crippen molar-refractivity contribution in [3.05, 3.63) is 180 Å². The van der Waals surface area contributed by atoms with Gasteiger partial charge in [-0.3, -0.25) is 4.57 Å². The molecule has 0 atom stereocenters. The lowest BCUT2D eigenvalue weighted by Crippen LogP contribution is -2.25. The third kappa shape index (κ3) is 5.09. The van der Waals surface area contributed by atoms with Gasteiger partial charge < -0.3 is 9.80 Å². The molecular weight excluding hydrogens is 621 g/mol. The molecule has 0 radical (unpaired) electrons. The summed E-state index contributed by atoms with van der Waals surface area (Å²) in [5.41, 5.74) is 14.4. The van der Waals surface area contributed by atoms with Crippen molar-refractivity contribution in [3.8, 4) is 16.9 Å². The molecule has 3 heterocycles. The summed E-state index contributed by atoms with van der Waals surface area (Å²) in [7, 11) is 0. The Hall–Kier alpha value is -6.13. The zero-order valence-corrected chi connectivity index (χ0v) is 29.5. The third-order valence-electron chi connectivity index (χ3n) is 10.8. The second-order valence-corrected chi connectivity index (χ2v) is 14.3. The van der Waals surface area contributed by atoms with E-state index in [1.807, 2.05) is 6.20 Å². The number of pyridine rings is 1. The minimum Gasteiger partial charge on any atom is -0.321 e. The van der Waals surface area contributed by atoms with Crippen LogP contribution in [-0.4, -0.2) is 16.2 Å². The number of benzene rings is 6. The first-order valence-electron chi connectivity index (χ1n) is 17.7. The van der Waals surface area contributed by atoms with Crippen molar-refractivity contribution in [2.45, 2.75) is 33.1 Å². The lowest BCUT2D eigenvalue weighted by Gasteiger charge is -2.29. The van der Waals surface area contributed by atoms with E-state index < -0.39 is 0 Å². The lowest BCUT2D eigenvalue weighted by atomic mass is 9.77. The van der Waals surface area contributed by atoms with Crippen LogP contribution in [0.5, 0.6) is 0 Å². The highest BCUT2D eigenvalue weighted by Crippen LogP contribution is 2.45. The zero-order valence-electron chi connectivity index (χ0n) is 29.5. The van der Waals surface area contributed by atoms with E-state index in [0.29, 0.717) is 0 Å². The van der Waals surface area contributed by atoms with Crippen LogP contribution in [-0.2, 0) is 5.41 Å². The van der Waals surface area contributed by atoms with Gasteiger partial charge in [0.25, 0.3) is 0 Å². The van der Waals surface area contributed by atoms with Crippen LogP contribution in [0.4, 0.5) is 22.7 Å². The molecular formula is C47H40N4. The predicted octanol–water partition coefficient (Wildman–Crippen LogP) is 12.0. The molecule has 248 valence electrons. The van der Waals surface area contributed by atoms with Gasteiger partial charge in [0, 0.05) is 33.8 Å². The molecule has 0 unspecified atom stereocenters. The first kappa shape index (κ1) is 30.9. The van der Waals surface area contributed by atoms with E-state index >= 15 is 0 Å². The molecule has 4 nitrogen and oxygen atoms in total. The maximum absolute atomic E-state index is 4.97. The Morgan fingerprint density at radius 2 is 1.16 bits per heavy atom. The lowest BCUT2D eigenvalue weighted by molar-refractivity contribution is 0.641. The Balaban J connectivity index is 1.14. The van der Waals surface area contributed by atoms with Gasteiger partial charge in [0.15, 0.2) is 0 Å². The van der Waals surface area contributed by atoms with Gasteiger partial charge in [-0.1, -0.05) is 105 Å². The molecule has 0 fully saturated rings. The smallest absolute Gasteiger partial charge is 0.138 e. The summed E-state index contributed by atoms with van der Waals surface area (Å²) in [6, 6.07) is 55.0. The van der Waals surface area contributed by atoms with Crippen molar-refractivity contribution >= 4 is 44.6 Å². The number of anilines is 4. The minimum absolute atomic E-state index is 0.266. The standard InChI is InChI=1S/C47H40N4/c1-32-14-12-15-33(2)46(32)34-26-27-48-45(28-34)51-41-21-9-8-20-39(41)40-25-24-36(30-44(40)51)47(3,4)35-16-13-19-38(29-35)50-31-49(37-17-6-5-7-18-37)42-22-10-11-23-43(42)50/h5-30H,31H2,1-4H3. The zero-order chi connectivity index (χ0) is 34.7. The average Bonchev–Trinajstić information content (AvgIpc) is 3.72. The van der Waals surface area contributed by atoms with Crippen LogP contribution in [0.1, 0.15) is 36.1 Å². The molecule has 0 saturated heterocycles. The van der Waals surface area contributed by atoms with Gasteiger partial charge in [-0.25, -0.2) is 4.98 Å². The van der Waals surface area contributed by atoms with Crippen LogP contribution < -0.4 is 9.80 Å². The van der Waals surface area contributed by atoms with Crippen molar-refractivity contribution in [2.75, 3.05) is 16.5 Å². The summed E-state index contributed by atoms with van der Waals surface area (Å²) in [5, 5.41) is 2.46. The molecule has 0 bridgehead atoms. The number of aryl methyl sites for hydroxylation is 2. The first-order chi connectivity index (χ1) is 24.9.